The number of carbonyl (C=O) groups is 1. The molecule has 4 nitrogen and oxygen atoms in total. The monoisotopic (exact) mass is 411 g/mol. The van der Waals surface area contributed by atoms with Crippen LogP contribution in [0.5, 0.6) is 0 Å². The summed E-state index contributed by atoms with van der Waals surface area (Å²) >= 11 is 3.49. The van der Waals surface area contributed by atoms with E-state index in [-0.39, 0.29) is 18.5 Å². The highest BCUT2D eigenvalue weighted by atomic mass is 79.9. The first-order valence-electron chi connectivity index (χ1n) is 7.54. The normalized spacial score (nSPS) is 19.7. The SMILES string of the molecule is Cl.O=C(O)[C@@H]1C[C@@H](OCc2cccc(-c3cccc(Br)c3)c2)CN1. The zero-order chi connectivity index (χ0) is 16.2. The lowest BCUT2D eigenvalue weighted by atomic mass is 10.0. The summed E-state index contributed by atoms with van der Waals surface area (Å²) in [6.07, 6.45) is 0.464. The Morgan fingerprint density at radius 2 is 1.92 bits per heavy atom. The van der Waals surface area contributed by atoms with E-state index in [1.807, 2.05) is 24.3 Å². The summed E-state index contributed by atoms with van der Waals surface area (Å²) < 4.78 is 6.90. The highest BCUT2D eigenvalue weighted by Gasteiger charge is 2.29. The van der Waals surface area contributed by atoms with Crippen molar-refractivity contribution in [2.75, 3.05) is 6.54 Å². The fourth-order valence-electron chi connectivity index (χ4n) is 2.74. The van der Waals surface area contributed by atoms with Crippen molar-refractivity contribution in [1.29, 1.82) is 0 Å². The van der Waals surface area contributed by atoms with Crippen molar-refractivity contribution in [3.63, 3.8) is 0 Å². The summed E-state index contributed by atoms with van der Waals surface area (Å²) in [4.78, 5) is 10.9. The number of aliphatic carboxylic acids is 1. The number of carboxylic acid groups (broad SMARTS) is 1. The van der Waals surface area contributed by atoms with Crippen molar-refractivity contribution >= 4 is 34.3 Å². The van der Waals surface area contributed by atoms with Gasteiger partial charge in [-0.15, -0.1) is 12.4 Å². The summed E-state index contributed by atoms with van der Waals surface area (Å²) in [5.74, 6) is -0.812. The third-order valence-electron chi connectivity index (χ3n) is 3.96. The average molecular weight is 413 g/mol. The van der Waals surface area contributed by atoms with Gasteiger partial charge in [-0.1, -0.05) is 46.3 Å². The summed E-state index contributed by atoms with van der Waals surface area (Å²) in [6, 6.07) is 15.9. The van der Waals surface area contributed by atoms with Gasteiger partial charge in [-0.2, -0.15) is 0 Å². The Morgan fingerprint density at radius 1 is 1.21 bits per heavy atom. The lowest BCUT2D eigenvalue weighted by molar-refractivity contribution is -0.139. The van der Waals surface area contributed by atoms with E-state index >= 15 is 0 Å². The van der Waals surface area contributed by atoms with Gasteiger partial charge in [0.25, 0.3) is 0 Å². The lowest BCUT2D eigenvalue weighted by Crippen LogP contribution is -2.29. The number of hydrogen-bond donors (Lipinski definition) is 2. The van der Waals surface area contributed by atoms with Crippen LogP contribution in [0, 0.1) is 0 Å². The molecule has 0 spiro atoms. The molecule has 0 saturated carbocycles. The minimum Gasteiger partial charge on any atom is -0.480 e. The lowest BCUT2D eigenvalue weighted by Gasteiger charge is -2.12. The number of benzene rings is 2. The van der Waals surface area contributed by atoms with Crippen molar-refractivity contribution < 1.29 is 14.6 Å². The van der Waals surface area contributed by atoms with Gasteiger partial charge in [-0.25, -0.2) is 0 Å². The largest absolute Gasteiger partial charge is 0.480 e. The van der Waals surface area contributed by atoms with Crippen LogP contribution in [-0.4, -0.2) is 29.8 Å². The van der Waals surface area contributed by atoms with Crippen LogP contribution < -0.4 is 5.32 Å². The van der Waals surface area contributed by atoms with Crippen LogP contribution in [0.3, 0.4) is 0 Å². The van der Waals surface area contributed by atoms with Crippen LogP contribution in [0.15, 0.2) is 53.0 Å². The first kappa shape index (κ1) is 18.9. The van der Waals surface area contributed by atoms with Gasteiger partial charge in [0.2, 0.25) is 0 Å². The van der Waals surface area contributed by atoms with Crippen LogP contribution in [0.25, 0.3) is 11.1 Å². The Balaban J connectivity index is 0.00000208. The standard InChI is InChI=1S/C18H18BrNO3.ClH/c19-15-6-2-5-14(8-15)13-4-1-3-12(7-13)11-23-16-9-17(18(21)22)20-10-16;/h1-8,16-17,20H,9-11H2,(H,21,22);1H/t16-,17+;/m1./s1. The summed E-state index contributed by atoms with van der Waals surface area (Å²) in [6.45, 7) is 1.07. The second kappa shape index (κ2) is 8.62. The van der Waals surface area contributed by atoms with E-state index in [2.05, 4.69) is 45.5 Å². The molecular formula is C18H19BrClNO3. The van der Waals surface area contributed by atoms with Crippen LogP contribution in [-0.2, 0) is 16.1 Å². The Kier molecular flexibility index (Phi) is 6.80. The molecule has 1 heterocycles. The first-order valence-corrected chi connectivity index (χ1v) is 8.34. The van der Waals surface area contributed by atoms with Gasteiger partial charge in [0.1, 0.15) is 6.04 Å². The molecule has 0 bridgehead atoms. The molecule has 0 aromatic heterocycles. The molecule has 2 aromatic rings. The molecule has 1 fully saturated rings. The highest BCUT2D eigenvalue weighted by molar-refractivity contribution is 9.10. The molecule has 2 atom stereocenters. The van der Waals surface area contributed by atoms with Gasteiger partial charge in [0.15, 0.2) is 0 Å². The van der Waals surface area contributed by atoms with Crippen LogP contribution in [0.4, 0.5) is 0 Å². The second-order valence-electron chi connectivity index (χ2n) is 5.68. The molecule has 0 unspecified atom stereocenters. The average Bonchev–Trinajstić information content (AvgIpc) is 3.02. The van der Waals surface area contributed by atoms with Crippen molar-refractivity contribution in [2.24, 2.45) is 0 Å². The molecule has 0 aliphatic carbocycles. The number of halogens is 2. The van der Waals surface area contributed by atoms with E-state index < -0.39 is 12.0 Å². The molecule has 0 amide bonds. The number of nitrogens with one attached hydrogen (secondary N) is 1. The van der Waals surface area contributed by atoms with Crippen molar-refractivity contribution in [1.82, 2.24) is 5.32 Å². The topological polar surface area (TPSA) is 58.6 Å². The van der Waals surface area contributed by atoms with E-state index in [4.69, 9.17) is 9.84 Å². The zero-order valence-corrected chi connectivity index (χ0v) is 15.3. The predicted molar refractivity (Wildman–Crippen MR) is 99.4 cm³/mol. The van der Waals surface area contributed by atoms with Gasteiger partial charge >= 0.3 is 5.97 Å². The van der Waals surface area contributed by atoms with Crippen LogP contribution >= 0.6 is 28.3 Å². The van der Waals surface area contributed by atoms with E-state index in [1.54, 1.807) is 0 Å². The Bertz CT molecular complexity index is 710. The zero-order valence-electron chi connectivity index (χ0n) is 12.9. The van der Waals surface area contributed by atoms with Gasteiger partial charge in [0, 0.05) is 17.4 Å². The van der Waals surface area contributed by atoms with Gasteiger partial charge < -0.3 is 15.2 Å². The molecule has 128 valence electrons. The number of carboxylic acids is 1. The Hall–Kier alpha value is -1.40. The number of ether oxygens (including phenoxy) is 1. The summed E-state index contributed by atoms with van der Waals surface area (Å²) in [5.41, 5.74) is 3.37. The van der Waals surface area contributed by atoms with Crippen molar-refractivity contribution in [2.45, 2.75) is 25.2 Å². The Labute approximate surface area is 155 Å². The molecule has 2 N–H and O–H groups in total. The molecular weight excluding hydrogens is 394 g/mol. The van der Waals surface area contributed by atoms with E-state index in [0.29, 0.717) is 19.6 Å². The van der Waals surface area contributed by atoms with E-state index in [9.17, 15) is 4.79 Å². The molecule has 0 radical (unpaired) electrons. The first-order chi connectivity index (χ1) is 11.1. The third kappa shape index (κ3) is 4.80. The minimum atomic E-state index is -0.812. The maximum absolute atomic E-state index is 10.9. The maximum atomic E-state index is 10.9. The fraction of sp³-hybridized carbons (Fsp3) is 0.278. The van der Waals surface area contributed by atoms with Gasteiger partial charge in [-0.05, 0) is 34.9 Å². The molecule has 2 aromatic carbocycles. The van der Waals surface area contributed by atoms with Gasteiger partial charge in [0.05, 0.1) is 12.7 Å². The van der Waals surface area contributed by atoms with E-state index in [0.717, 1.165) is 21.2 Å². The second-order valence-corrected chi connectivity index (χ2v) is 6.59. The Morgan fingerprint density at radius 3 is 2.58 bits per heavy atom. The molecule has 3 rings (SSSR count). The van der Waals surface area contributed by atoms with Crippen molar-refractivity contribution in [3.8, 4) is 11.1 Å². The molecule has 6 heteroatoms. The third-order valence-corrected chi connectivity index (χ3v) is 4.45. The fourth-order valence-corrected chi connectivity index (χ4v) is 3.14. The van der Waals surface area contributed by atoms with Crippen LogP contribution in [0.2, 0.25) is 0 Å². The minimum absolute atomic E-state index is 0. The smallest absolute Gasteiger partial charge is 0.320 e. The van der Waals surface area contributed by atoms with Gasteiger partial charge in [-0.3, -0.25) is 4.79 Å². The number of hydrogen-bond acceptors (Lipinski definition) is 3. The summed E-state index contributed by atoms with van der Waals surface area (Å²) in [5, 5.41) is 11.9. The maximum Gasteiger partial charge on any atom is 0.320 e. The molecule has 24 heavy (non-hydrogen) atoms. The summed E-state index contributed by atoms with van der Waals surface area (Å²) in [7, 11) is 0. The predicted octanol–water partition coefficient (Wildman–Crippen LogP) is 3.87. The molecule has 1 saturated heterocycles. The van der Waals surface area contributed by atoms with E-state index in [1.165, 1.54) is 0 Å². The number of rotatable bonds is 5. The van der Waals surface area contributed by atoms with Crippen LogP contribution in [0.1, 0.15) is 12.0 Å². The molecule has 1 aliphatic rings. The quantitative estimate of drug-likeness (QED) is 0.783. The molecule has 1 aliphatic heterocycles. The highest BCUT2D eigenvalue weighted by Crippen LogP contribution is 2.24. The van der Waals surface area contributed by atoms with Crippen molar-refractivity contribution in [3.05, 3.63) is 58.6 Å².